The van der Waals surface area contributed by atoms with Crippen LogP contribution in [0.15, 0.2) is 11.6 Å². The van der Waals surface area contributed by atoms with E-state index in [0.717, 1.165) is 37.7 Å². The highest BCUT2D eigenvalue weighted by Crippen LogP contribution is 2.75. The van der Waals surface area contributed by atoms with Crippen LogP contribution in [0.2, 0.25) is 0 Å². The average Bonchev–Trinajstić information content (AvgIpc) is 2.81. The molecule has 38 heavy (non-hydrogen) atoms. The van der Waals surface area contributed by atoms with E-state index in [2.05, 4.69) is 41.5 Å². The minimum Gasteiger partial charge on any atom is -0.481 e. The SMILES string of the molecule is CC1(C)CC[C@]2(C(=O)O)CC[C@]3(C)C(=CC(=O)C4[C@@]5(CO)CCC(CC(=O)O)C(C)(C)C5CC[C@]43C)C2C1. The third-order valence-electron chi connectivity index (χ3n) is 13.5. The summed E-state index contributed by atoms with van der Waals surface area (Å²) in [7, 11) is 0. The van der Waals surface area contributed by atoms with E-state index >= 15 is 0 Å². The maximum Gasteiger partial charge on any atom is 0.310 e. The maximum absolute atomic E-state index is 14.4. The Morgan fingerprint density at radius 2 is 1.58 bits per heavy atom. The second kappa shape index (κ2) is 8.41. The zero-order valence-corrected chi connectivity index (χ0v) is 24.2. The fraction of sp³-hybridized carbons (Fsp3) is 0.844. The average molecular weight is 529 g/mol. The van der Waals surface area contributed by atoms with Crippen molar-refractivity contribution in [3.05, 3.63) is 11.6 Å². The van der Waals surface area contributed by atoms with Crippen molar-refractivity contribution in [2.45, 2.75) is 106 Å². The first-order chi connectivity index (χ1) is 17.5. The summed E-state index contributed by atoms with van der Waals surface area (Å²) in [6, 6.07) is 0. The predicted octanol–water partition coefficient (Wildman–Crippen LogP) is 6.12. The van der Waals surface area contributed by atoms with E-state index in [1.807, 2.05) is 6.08 Å². The Morgan fingerprint density at radius 1 is 0.921 bits per heavy atom. The summed E-state index contributed by atoms with van der Waals surface area (Å²) in [5.74, 6) is -1.83. The van der Waals surface area contributed by atoms with E-state index in [0.29, 0.717) is 25.7 Å². The van der Waals surface area contributed by atoms with E-state index in [9.17, 15) is 29.7 Å². The molecule has 8 atom stereocenters. The summed E-state index contributed by atoms with van der Waals surface area (Å²) in [4.78, 5) is 38.9. The van der Waals surface area contributed by atoms with Crippen molar-refractivity contribution >= 4 is 17.7 Å². The van der Waals surface area contributed by atoms with Crippen LogP contribution >= 0.6 is 0 Å². The number of carboxylic acids is 2. The smallest absolute Gasteiger partial charge is 0.310 e. The number of rotatable bonds is 4. The van der Waals surface area contributed by atoms with Gasteiger partial charge in [-0.3, -0.25) is 14.4 Å². The van der Waals surface area contributed by atoms with Gasteiger partial charge in [-0.25, -0.2) is 0 Å². The van der Waals surface area contributed by atoms with E-state index in [1.165, 1.54) is 0 Å². The summed E-state index contributed by atoms with van der Waals surface area (Å²) in [5.41, 5.74) is -1.28. The summed E-state index contributed by atoms with van der Waals surface area (Å²) in [6.07, 6.45) is 8.73. The highest BCUT2D eigenvalue weighted by molar-refractivity contribution is 5.96. The van der Waals surface area contributed by atoms with Gasteiger partial charge < -0.3 is 15.3 Å². The van der Waals surface area contributed by atoms with Gasteiger partial charge >= 0.3 is 11.9 Å². The number of aliphatic hydroxyl groups is 1. The van der Waals surface area contributed by atoms with Crippen molar-refractivity contribution in [2.24, 2.45) is 56.2 Å². The van der Waals surface area contributed by atoms with Crippen LogP contribution in [0.5, 0.6) is 0 Å². The zero-order valence-electron chi connectivity index (χ0n) is 24.2. The first kappa shape index (κ1) is 27.9. The molecule has 4 saturated carbocycles. The first-order valence-electron chi connectivity index (χ1n) is 14.8. The van der Waals surface area contributed by atoms with Crippen LogP contribution in [0.4, 0.5) is 0 Å². The number of hydrogen-bond donors (Lipinski definition) is 3. The highest BCUT2D eigenvalue weighted by atomic mass is 16.4. The fourth-order valence-electron chi connectivity index (χ4n) is 11.1. The van der Waals surface area contributed by atoms with Crippen LogP contribution in [0.3, 0.4) is 0 Å². The fourth-order valence-corrected chi connectivity index (χ4v) is 11.1. The van der Waals surface area contributed by atoms with Gasteiger partial charge in [-0.1, -0.05) is 47.1 Å². The number of carbonyl (C=O) groups excluding carboxylic acids is 1. The lowest BCUT2D eigenvalue weighted by molar-refractivity contribution is -0.212. The largest absolute Gasteiger partial charge is 0.481 e. The Bertz CT molecular complexity index is 1090. The molecule has 0 spiro atoms. The lowest BCUT2D eigenvalue weighted by Gasteiger charge is -2.70. The Hall–Kier alpha value is -1.69. The van der Waals surface area contributed by atoms with Gasteiger partial charge in [-0.15, -0.1) is 0 Å². The van der Waals surface area contributed by atoms with E-state index in [-0.39, 0.29) is 64.1 Å². The van der Waals surface area contributed by atoms with Crippen molar-refractivity contribution in [3.63, 3.8) is 0 Å². The molecule has 0 bridgehead atoms. The van der Waals surface area contributed by atoms with Gasteiger partial charge in [-0.05, 0) is 103 Å². The molecule has 4 fully saturated rings. The van der Waals surface area contributed by atoms with Crippen molar-refractivity contribution < 1.29 is 29.7 Å². The third-order valence-corrected chi connectivity index (χ3v) is 13.5. The summed E-state index contributed by atoms with van der Waals surface area (Å²) in [6.45, 7) is 13.2. The Kier molecular flexibility index (Phi) is 6.16. The van der Waals surface area contributed by atoms with Crippen LogP contribution in [0.1, 0.15) is 106 Å². The van der Waals surface area contributed by atoms with Crippen molar-refractivity contribution in [2.75, 3.05) is 6.61 Å². The number of ketones is 1. The molecule has 3 N–H and O–H groups in total. The minimum absolute atomic E-state index is 0.0183. The Labute approximate surface area is 227 Å². The molecule has 0 aromatic carbocycles. The standard InChI is InChI=1S/C32H48O6/c1-27(2)11-13-31(26(37)38)14-12-29(5)20(21(31)17-27)16-22(34)25-30(29,6)9-8-23-28(3,4)19(15-24(35)36)7-10-32(23,25)18-33/h16,19,21,23,25,33H,7-15,17-18H2,1-6H3,(H,35,36)(H,37,38)/t19?,21?,23?,25?,29-,30-,31+,32-/m1/s1. The Morgan fingerprint density at radius 3 is 2.18 bits per heavy atom. The topological polar surface area (TPSA) is 112 Å². The predicted molar refractivity (Wildman–Crippen MR) is 144 cm³/mol. The molecule has 5 aliphatic carbocycles. The number of aliphatic hydroxyl groups excluding tert-OH is 1. The van der Waals surface area contributed by atoms with E-state index in [1.54, 1.807) is 0 Å². The Balaban J connectivity index is 1.63. The first-order valence-corrected chi connectivity index (χ1v) is 14.8. The summed E-state index contributed by atoms with van der Waals surface area (Å²) >= 11 is 0. The number of allylic oxidation sites excluding steroid dienone is 2. The van der Waals surface area contributed by atoms with E-state index in [4.69, 9.17) is 0 Å². The number of aliphatic carboxylic acids is 2. The minimum atomic E-state index is -0.799. The molecular formula is C32H48O6. The molecule has 0 aromatic rings. The molecule has 0 heterocycles. The molecule has 5 rings (SSSR count). The molecule has 212 valence electrons. The van der Waals surface area contributed by atoms with Crippen molar-refractivity contribution in [1.29, 1.82) is 0 Å². The van der Waals surface area contributed by atoms with Crippen molar-refractivity contribution in [1.82, 2.24) is 0 Å². The lowest BCUT2D eigenvalue weighted by Crippen LogP contribution is -2.68. The summed E-state index contributed by atoms with van der Waals surface area (Å²) in [5, 5.41) is 31.2. The van der Waals surface area contributed by atoms with Crippen LogP contribution in [-0.4, -0.2) is 39.6 Å². The number of fused-ring (bicyclic) bond motifs is 7. The van der Waals surface area contributed by atoms with Gasteiger partial charge in [0.1, 0.15) is 0 Å². The lowest BCUT2D eigenvalue weighted by atomic mass is 9.32. The monoisotopic (exact) mass is 528 g/mol. The molecule has 0 amide bonds. The molecule has 0 aliphatic heterocycles. The van der Waals surface area contributed by atoms with Crippen LogP contribution in [0.25, 0.3) is 0 Å². The zero-order chi connectivity index (χ0) is 28.1. The second-order valence-corrected chi connectivity index (χ2v) is 15.7. The van der Waals surface area contributed by atoms with Crippen molar-refractivity contribution in [3.8, 4) is 0 Å². The van der Waals surface area contributed by atoms with E-state index < -0.39 is 22.8 Å². The molecule has 0 radical (unpaired) electrons. The molecule has 6 nitrogen and oxygen atoms in total. The van der Waals surface area contributed by atoms with Gasteiger partial charge in [0.05, 0.1) is 5.41 Å². The quantitative estimate of drug-likeness (QED) is 0.406. The van der Waals surface area contributed by atoms with Gasteiger partial charge in [0.25, 0.3) is 0 Å². The van der Waals surface area contributed by atoms with Crippen LogP contribution in [0, 0.1) is 56.2 Å². The van der Waals surface area contributed by atoms with Gasteiger partial charge in [0.15, 0.2) is 5.78 Å². The third kappa shape index (κ3) is 3.43. The van der Waals surface area contributed by atoms with Crippen LogP contribution in [-0.2, 0) is 14.4 Å². The second-order valence-electron chi connectivity index (χ2n) is 15.7. The normalized spacial score (nSPS) is 47.0. The van der Waals surface area contributed by atoms with Gasteiger partial charge in [0.2, 0.25) is 0 Å². The van der Waals surface area contributed by atoms with Gasteiger partial charge in [0, 0.05) is 24.4 Å². The molecule has 0 aromatic heterocycles. The molecule has 6 heteroatoms. The van der Waals surface area contributed by atoms with Crippen LogP contribution < -0.4 is 0 Å². The maximum atomic E-state index is 14.4. The number of carboxylic acid groups (broad SMARTS) is 2. The highest BCUT2D eigenvalue weighted by Gasteiger charge is 2.72. The number of carbonyl (C=O) groups is 3. The molecular weight excluding hydrogens is 480 g/mol. The number of hydrogen-bond acceptors (Lipinski definition) is 4. The molecule has 4 unspecified atom stereocenters. The molecule has 0 saturated heterocycles. The summed E-state index contributed by atoms with van der Waals surface area (Å²) < 4.78 is 0. The molecule has 5 aliphatic rings. The van der Waals surface area contributed by atoms with Gasteiger partial charge in [-0.2, -0.15) is 0 Å².